The van der Waals surface area contributed by atoms with Crippen LogP contribution in [0.4, 0.5) is 24.5 Å². The summed E-state index contributed by atoms with van der Waals surface area (Å²) in [4.78, 5) is 9.78. The fraction of sp³-hybridized carbons (Fsp3) is 0.600. The van der Waals surface area contributed by atoms with Crippen molar-refractivity contribution in [2.75, 3.05) is 11.9 Å². The van der Waals surface area contributed by atoms with Gasteiger partial charge in [0.1, 0.15) is 5.56 Å². The van der Waals surface area contributed by atoms with E-state index in [0.29, 0.717) is 6.61 Å². The second kappa shape index (κ2) is 5.09. The van der Waals surface area contributed by atoms with Gasteiger partial charge in [-0.3, -0.25) is 10.1 Å². The number of hydrogen-bond acceptors (Lipinski definition) is 4. The van der Waals surface area contributed by atoms with E-state index in [2.05, 4.69) is 5.32 Å². The Morgan fingerprint density at radius 2 is 2.09 bits per heavy atom. The molecule has 0 aromatic heterocycles. The predicted molar refractivity (Wildman–Crippen MR) is 77.1 cm³/mol. The Bertz CT molecular complexity index is 645. The van der Waals surface area contributed by atoms with E-state index in [0.717, 1.165) is 18.6 Å². The lowest BCUT2D eigenvalue weighted by molar-refractivity contribution is -0.388. The number of alkyl halides is 3. The Morgan fingerprint density at radius 3 is 2.70 bits per heavy atom. The molecule has 2 aliphatic rings. The van der Waals surface area contributed by atoms with Gasteiger partial charge >= 0.3 is 6.18 Å². The zero-order chi connectivity index (χ0) is 17.0. The molecule has 1 aromatic rings. The molecular weight excluding hydrogens is 313 g/mol. The Labute approximate surface area is 131 Å². The van der Waals surface area contributed by atoms with Crippen molar-refractivity contribution in [3.8, 4) is 0 Å². The summed E-state index contributed by atoms with van der Waals surface area (Å²) in [5.41, 5.74) is -2.12. The summed E-state index contributed by atoms with van der Waals surface area (Å²) in [5, 5.41) is 13.9. The Morgan fingerprint density at radius 1 is 1.39 bits per heavy atom. The van der Waals surface area contributed by atoms with Crippen molar-refractivity contribution in [3.63, 3.8) is 0 Å². The van der Waals surface area contributed by atoms with Crippen molar-refractivity contribution >= 4 is 11.4 Å². The van der Waals surface area contributed by atoms with Crippen molar-refractivity contribution in [2.24, 2.45) is 11.3 Å². The van der Waals surface area contributed by atoms with Crippen molar-refractivity contribution in [1.82, 2.24) is 0 Å². The first-order chi connectivity index (χ1) is 10.6. The molecule has 23 heavy (non-hydrogen) atoms. The highest BCUT2D eigenvalue weighted by Gasteiger charge is 2.59. The van der Waals surface area contributed by atoms with E-state index in [4.69, 9.17) is 4.74 Å². The van der Waals surface area contributed by atoms with E-state index in [1.54, 1.807) is 0 Å². The smallest absolute Gasteiger partial charge is 0.381 e. The van der Waals surface area contributed by atoms with Gasteiger partial charge in [0, 0.05) is 35.7 Å². The topological polar surface area (TPSA) is 64.4 Å². The van der Waals surface area contributed by atoms with E-state index >= 15 is 0 Å². The summed E-state index contributed by atoms with van der Waals surface area (Å²) in [7, 11) is 0. The van der Waals surface area contributed by atoms with Crippen LogP contribution in [0.1, 0.15) is 25.8 Å². The molecule has 3 rings (SSSR count). The Kier molecular flexibility index (Phi) is 3.55. The third kappa shape index (κ3) is 2.54. The fourth-order valence-electron chi connectivity index (χ4n) is 3.81. The van der Waals surface area contributed by atoms with Crippen LogP contribution >= 0.6 is 0 Å². The maximum Gasteiger partial charge on any atom is 0.423 e. The minimum atomic E-state index is -4.77. The fourth-order valence-corrected chi connectivity index (χ4v) is 3.81. The van der Waals surface area contributed by atoms with Crippen LogP contribution in [0.2, 0.25) is 0 Å². The van der Waals surface area contributed by atoms with Gasteiger partial charge < -0.3 is 10.1 Å². The molecule has 1 aromatic carbocycles. The third-order valence-corrected chi connectivity index (χ3v) is 4.92. The molecule has 1 aliphatic carbocycles. The van der Waals surface area contributed by atoms with Crippen molar-refractivity contribution < 1.29 is 22.8 Å². The summed E-state index contributed by atoms with van der Waals surface area (Å²) >= 11 is 0. The molecule has 1 saturated heterocycles. The lowest BCUT2D eigenvalue weighted by atomic mass is 9.57. The second-order valence-electron chi connectivity index (χ2n) is 6.67. The summed E-state index contributed by atoms with van der Waals surface area (Å²) < 4.78 is 44.8. The third-order valence-electron chi connectivity index (χ3n) is 4.92. The lowest BCUT2D eigenvalue weighted by Crippen LogP contribution is -2.63. The monoisotopic (exact) mass is 330 g/mol. The van der Waals surface area contributed by atoms with Gasteiger partial charge in [0.05, 0.1) is 11.0 Å². The molecule has 5 nitrogen and oxygen atoms in total. The van der Waals surface area contributed by atoms with Crippen LogP contribution in [0.5, 0.6) is 0 Å². The highest BCUT2D eigenvalue weighted by Crippen LogP contribution is 2.53. The largest absolute Gasteiger partial charge is 0.423 e. The normalized spacial score (nSPS) is 28.8. The number of ether oxygens (including phenoxy) is 1. The van der Waals surface area contributed by atoms with E-state index < -0.39 is 22.4 Å². The summed E-state index contributed by atoms with van der Waals surface area (Å²) in [6.45, 7) is 4.67. The maximum absolute atomic E-state index is 13.0. The summed E-state index contributed by atoms with van der Waals surface area (Å²) in [6.07, 6.45) is -3.79. The van der Waals surface area contributed by atoms with Crippen LogP contribution in [-0.4, -0.2) is 23.7 Å². The first kappa shape index (κ1) is 16.0. The number of nitro groups is 1. The van der Waals surface area contributed by atoms with Crippen LogP contribution in [0, 0.1) is 21.4 Å². The quantitative estimate of drug-likeness (QED) is 0.675. The molecule has 0 bridgehead atoms. The molecule has 1 N–H and O–H groups in total. The number of nitro benzene ring substituents is 1. The first-order valence-corrected chi connectivity index (χ1v) is 7.36. The predicted octanol–water partition coefficient (Wildman–Crippen LogP) is 3.84. The van der Waals surface area contributed by atoms with Crippen LogP contribution in [0.25, 0.3) is 0 Å². The number of rotatable bonds is 3. The first-order valence-electron chi connectivity index (χ1n) is 7.36. The summed E-state index contributed by atoms with van der Waals surface area (Å²) in [5.74, 6) is 0.259. The molecule has 2 fully saturated rings. The standard InChI is InChI=1S/C15H17F3N2O3/c1-14(2)12(9-5-6-23-13(9)14)19-8-3-4-11(20(21)22)10(7-8)15(16,17)18/h3-4,7,9,12-13,19H,5-6H2,1-2H3/t9-,12+,13+/m0/s1. The highest BCUT2D eigenvalue weighted by molar-refractivity contribution is 5.56. The van der Waals surface area contributed by atoms with E-state index in [1.807, 2.05) is 13.8 Å². The van der Waals surface area contributed by atoms with Gasteiger partial charge in [0.15, 0.2) is 0 Å². The molecular formula is C15H17F3N2O3. The van der Waals surface area contributed by atoms with Crippen LogP contribution in [0.15, 0.2) is 18.2 Å². The summed E-state index contributed by atoms with van der Waals surface area (Å²) in [6, 6.07) is 3.03. The van der Waals surface area contributed by atoms with Crippen molar-refractivity contribution in [3.05, 3.63) is 33.9 Å². The van der Waals surface area contributed by atoms with Crippen LogP contribution in [-0.2, 0) is 10.9 Å². The van der Waals surface area contributed by atoms with E-state index in [1.165, 1.54) is 6.07 Å². The zero-order valence-corrected chi connectivity index (χ0v) is 12.7. The van der Waals surface area contributed by atoms with Gasteiger partial charge in [-0.15, -0.1) is 0 Å². The van der Waals surface area contributed by atoms with Crippen LogP contribution < -0.4 is 5.32 Å². The van der Waals surface area contributed by atoms with Gasteiger partial charge in [-0.2, -0.15) is 13.2 Å². The number of anilines is 1. The molecule has 0 spiro atoms. The highest BCUT2D eigenvalue weighted by atomic mass is 19.4. The molecule has 0 unspecified atom stereocenters. The number of benzene rings is 1. The average Bonchev–Trinajstić information content (AvgIpc) is 2.90. The van der Waals surface area contributed by atoms with Crippen molar-refractivity contribution in [1.29, 1.82) is 0 Å². The minimum absolute atomic E-state index is 0.0162. The van der Waals surface area contributed by atoms with Gasteiger partial charge in [-0.25, -0.2) is 0 Å². The van der Waals surface area contributed by atoms with Gasteiger partial charge in [-0.05, 0) is 18.6 Å². The Hall–Kier alpha value is -1.83. The lowest BCUT2D eigenvalue weighted by Gasteiger charge is -2.55. The van der Waals surface area contributed by atoms with Gasteiger partial charge in [0.2, 0.25) is 0 Å². The number of halogens is 3. The molecule has 1 aliphatic heterocycles. The number of hydrogen-bond donors (Lipinski definition) is 1. The number of fused-ring (bicyclic) bond motifs is 1. The minimum Gasteiger partial charge on any atom is -0.381 e. The average molecular weight is 330 g/mol. The SMILES string of the molecule is CC1(C)[C@H](Nc2ccc([N+](=O)[O-])c(C(F)(F)F)c2)[C@@H]2CCO[C@H]21. The van der Waals surface area contributed by atoms with Gasteiger partial charge in [0.25, 0.3) is 5.69 Å². The molecule has 1 heterocycles. The second-order valence-corrected chi connectivity index (χ2v) is 6.67. The Balaban J connectivity index is 1.88. The van der Waals surface area contributed by atoms with Crippen molar-refractivity contribution in [2.45, 2.75) is 38.6 Å². The molecule has 8 heteroatoms. The number of nitrogens with zero attached hydrogens (tertiary/aromatic N) is 1. The van der Waals surface area contributed by atoms with E-state index in [9.17, 15) is 23.3 Å². The van der Waals surface area contributed by atoms with E-state index in [-0.39, 0.29) is 29.2 Å². The number of nitrogens with one attached hydrogen (secondary N) is 1. The zero-order valence-electron chi connectivity index (χ0n) is 12.7. The van der Waals surface area contributed by atoms with Gasteiger partial charge in [-0.1, -0.05) is 13.8 Å². The molecule has 0 amide bonds. The molecule has 3 atom stereocenters. The van der Waals surface area contributed by atoms with Crippen LogP contribution in [0.3, 0.4) is 0 Å². The maximum atomic E-state index is 13.0. The molecule has 0 radical (unpaired) electrons. The molecule has 126 valence electrons. The molecule has 1 saturated carbocycles.